The number of fused-ring (bicyclic) bond motifs is 1. The van der Waals surface area contributed by atoms with Crippen molar-refractivity contribution in [3.8, 4) is 5.75 Å². The third-order valence-electron chi connectivity index (χ3n) is 5.56. The van der Waals surface area contributed by atoms with Crippen LogP contribution in [0.5, 0.6) is 5.75 Å². The highest BCUT2D eigenvalue weighted by Gasteiger charge is 2.51. The molecular formula is C18H24O3. The first-order valence-corrected chi connectivity index (χ1v) is 8.14. The molecule has 1 aromatic rings. The molecular weight excluding hydrogens is 264 g/mol. The van der Waals surface area contributed by atoms with E-state index in [2.05, 4.69) is 6.92 Å². The molecule has 1 aliphatic heterocycles. The lowest BCUT2D eigenvalue weighted by Gasteiger charge is -2.44. The predicted octanol–water partition coefficient (Wildman–Crippen LogP) is 4.01. The molecule has 3 unspecified atom stereocenters. The van der Waals surface area contributed by atoms with Crippen LogP contribution < -0.4 is 4.74 Å². The number of carbonyl (C=O) groups is 1. The number of para-hydroxylation sites is 1. The summed E-state index contributed by atoms with van der Waals surface area (Å²) in [6, 6.07) is 7.72. The van der Waals surface area contributed by atoms with Gasteiger partial charge in [-0.15, -0.1) is 0 Å². The second-order valence-electron chi connectivity index (χ2n) is 6.51. The van der Waals surface area contributed by atoms with E-state index < -0.39 is 11.4 Å². The summed E-state index contributed by atoms with van der Waals surface area (Å²) in [7, 11) is 0. The fourth-order valence-corrected chi connectivity index (χ4v) is 4.35. The molecule has 114 valence electrons. The first-order chi connectivity index (χ1) is 10.2. The highest BCUT2D eigenvalue weighted by atomic mass is 16.5. The summed E-state index contributed by atoms with van der Waals surface area (Å²) < 4.78 is 5.71. The van der Waals surface area contributed by atoms with Crippen LogP contribution in [0.4, 0.5) is 0 Å². The Morgan fingerprint density at radius 3 is 2.95 bits per heavy atom. The number of aliphatic carboxylic acids is 1. The van der Waals surface area contributed by atoms with E-state index in [9.17, 15) is 9.90 Å². The van der Waals surface area contributed by atoms with Crippen LogP contribution in [0, 0.1) is 11.8 Å². The molecule has 3 heteroatoms. The Morgan fingerprint density at radius 2 is 2.19 bits per heavy atom. The zero-order valence-corrected chi connectivity index (χ0v) is 12.7. The second-order valence-corrected chi connectivity index (χ2v) is 6.51. The number of hydrogen-bond acceptors (Lipinski definition) is 2. The number of hydrogen-bond donors (Lipinski definition) is 1. The molecule has 1 fully saturated rings. The molecule has 1 N–H and O–H groups in total. The van der Waals surface area contributed by atoms with Gasteiger partial charge in [0.05, 0.1) is 6.61 Å². The summed E-state index contributed by atoms with van der Waals surface area (Å²) in [6.07, 6.45) is 6.22. The molecule has 0 aromatic heterocycles. The SMILES string of the molecule is CCC1CCCC(C2(C(=O)O)CCOc3ccccc32)C1. The van der Waals surface area contributed by atoms with Crippen LogP contribution in [-0.4, -0.2) is 17.7 Å². The molecule has 0 saturated heterocycles. The van der Waals surface area contributed by atoms with E-state index in [-0.39, 0.29) is 5.92 Å². The monoisotopic (exact) mass is 288 g/mol. The molecule has 3 atom stereocenters. The Balaban J connectivity index is 2.03. The molecule has 1 aliphatic carbocycles. The van der Waals surface area contributed by atoms with Gasteiger partial charge < -0.3 is 9.84 Å². The number of rotatable bonds is 3. The minimum absolute atomic E-state index is 0.235. The second kappa shape index (κ2) is 5.70. The van der Waals surface area contributed by atoms with Crippen LogP contribution in [0.15, 0.2) is 24.3 Å². The van der Waals surface area contributed by atoms with Gasteiger partial charge in [0.1, 0.15) is 11.2 Å². The molecule has 0 radical (unpaired) electrons. The summed E-state index contributed by atoms with van der Waals surface area (Å²) in [5.74, 6) is 1.01. The van der Waals surface area contributed by atoms with E-state index in [4.69, 9.17) is 4.74 Å². The Labute approximate surface area is 126 Å². The van der Waals surface area contributed by atoms with Crippen LogP contribution in [0.25, 0.3) is 0 Å². The normalized spacial score (nSPS) is 32.0. The molecule has 0 spiro atoms. The predicted molar refractivity (Wildman–Crippen MR) is 81.6 cm³/mol. The van der Waals surface area contributed by atoms with Gasteiger partial charge in [0.2, 0.25) is 0 Å². The number of carboxylic acids is 1. The maximum atomic E-state index is 12.3. The topological polar surface area (TPSA) is 46.5 Å². The average molecular weight is 288 g/mol. The van der Waals surface area contributed by atoms with E-state index in [0.29, 0.717) is 18.9 Å². The molecule has 3 rings (SSSR count). The van der Waals surface area contributed by atoms with Crippen molar-refractivity contribution in [3.63, 3.8) is 0 Å². The number of benzene rings is 1. The lowest BCUT2D eigenvalue weighted by molar-refractivity contribution is -0.149. The molecule has 3 nitrogen and oxygen atoms in total. The van der Waals surface area contributed by atoms with E-state index in [1.54, 1.807) is 0 Å². The molecule has 1 aromatic carbocycles. The smallest absolute Gasteiger partial charge is 0.314 e. The van der Waals surface area contributed by atoms with Crippen molar-refractivity contribution in [3.05, 3.63) is 29.8 Å². The summed E-state index contributed by atoms with van der Waals surface area (Å²) in [5.41, 5.74) is 0.147. The molecule has 2 aliphatic rings. The quantitative estimate of drug-likeness (QED) is 0.914. The van der Waals surface area contributed by atoms with Gasteiger partial charge in [0.25, 0.3) is 0 Å². The van der Waals surface area contributed by atoms with E-state index in [1.807, 2.05) is 24.3 Å². The van der Waals surface area contributed by atoms with Crippen LogP contribution in [-0.2, 0) is 10.2 Å². The van der Waals surface area contributed by atoms with E-state index >= 15 is 0 Å². The fraction of sp³-hybridized carbons (Fsp3) is 0.611. The first kappa shape index (κ1) is 14.4. The molecule has 1 heterocycles. The Morgan fingerprint density at radius 1 is 1.38 bits per heavy atom. The van der Waals surface area contributed by atoms with Gasteiger partial charge in [-0.1, -0.05) is 44.4 Å². The summed E-state index contributed by atoms with van der Waals surface area (Å²) in [6.45, 7) is 2.73. The average Bonchev–Trinajstić information content (AvgIpc) is 2.54. The van der Waals surface area contributed by atoms with E-state index in [0.717, 1.165) is 37.0 Å². The molecule has 1 saturated carbocycles. The van der Waals surface area contributed by atoms with Crippen molar-refractivity contribution in [2.24, 2.45) is 11.8 Å². The number of ether oxygens (including phenoxy) is 1. The highest BCUT2D eigenvalue weighted by molar-refractivity contribution is 5.83. The van der Waals surface area contributed by atoms with Crippen LogP contribution in [0.1, 0.15) is 51.0 Å². The third-order valence-corrected chi connectivity index (χ3v) is 5.56. The zero-order valence-electron chi connectivity index (χ0n) is 12.7. The van der Waals surface area contributed by atoms with Crippen LogP contribution in [0.3, 0.4) is 0 Å². The minimum Gasteiger partial charge on any atom is -0.493 e. The molecule has 0 amide bonds. The van der Waals surface area contributed by atoms with Crippen LogP contribution in [0.2, 0.25) is 0 Å². The molecule has 0 bridgehead atoms. The standard InChI is InChI=1S/C18H24O3/c1-2-13-6-5-7-14(12-13)18(17(19)20)10-11-21-16-9-4-3-8-15(16)18/h3-4,8-9,13-14H,2,5-7,10-12H2,1H3,(H,19,20). The van der Waals surface area contributed by atoms with Crippen molar-refractivity contribution in [1.82, 2.24) is 0 Å². The van der Waals surface area contributed by atoms with Crippen molar-refractivity contribution in [2.45, 2.75) is 50.9 Å². The van der Waals surface area contributed by atoms with Gasteiger partial charge >= 0.3 is 5.97 Å². The fourth-order valence-electron chi connectivity index (χ4n) is 4.35. The maximum absolute atomic E-state index is 12.3. The van der Waals surface area contributed by atoms with Crippen LogP contribution >= 0.6 is 0 Å². The Hall–Kier alpha value is -1.51. The van der Waals surface area contributed by atoms with E-state index in [1.165, 1.54) is 6.42 Å². The van der Waals surface area contributed by atoms with Gasteiger partial charge in [-0.2, -0.15) is 0 Å². The van der Waals surface area contributed by atoms with Gasteiger partial charge in [-0.05, 0) is 30.7 Å². The van der Waals surface area contributed by atoms with Crippen molar-refractivity contribution >= 4 is 5.97 Å². The summed E-state index contributed by atoms with van der Waals surface area (Å²) >= 11 is 0. The Kier molecular flexibility index (Phi) is 3.92. The minimum atomic E-state index is -0.747. The number of carboxylic acid groups (broad SMARTS) is 1. The van der Waals surface area contributed by atoms with Crippen molar-refractivity contribution < 1.29 is 14.6 Å². The van der Waals surface area contributed by atoms with Crippen molar-refractivity contribution in [2.75, 3.05) is 6.61 Å². The summed E-state index contributed by atoms with van der Waals surface area (Å²) in [5, 5.41) is 10.1. The lowest BCUT2D eigenvalue weighted by Crippen LogP contribution is -2.48. The van der Waals surface area contributed by atoms with Gasteiger partial charge in [0, 0.05) is 12.0 Å². The van der Waals surface area contributed by atoms with Gasteiger partial charge in [-0.25, -0.2) is 0 Å². The third kappa shape index (κ3) is 2.33. The largest absolute Gasteiger partial charge is 0.493 e. The highest BCUT2D eigenvalue weighted by Crippen LogP contribution is 2.50. The summed E-state index contributed by atoms with van der Waals surface area (Å²) in [4.78, 5) is 12.3. The van der Waals surface area contributed by atoms with Gasteiger partial charge in [0.15, 0.2) is 0 Å². The zero-order chi connectivity index (χ0) is 14.9. The van der Waals surface area contributed by atoms with Crippen molar-refractivity contribution in [1.29, 1.82) is 0 Å². The molecule has 21 heavy (non-hydrogen) atoms. The van der Waals surface area contributed by atoms with Gasteiger partial charge in [-0.3, -0.25) is 4.79 Å². The maximum Gasteiger partial charge on any atom is 0.314 e. The first-order valence-electron chi connectivity index (χ1n) is 8.14. The lowest BCUT2D eigenvalue weighted by atomic mass is 9.60. The Bertz CT molecular complexity index is 525.